The number of methoxy groups -OCH3 is 3. The SMILES string of the molecule is COc1cccc(C2=NN(C(=O)CN(C)C(=O)c3cccc(F)c3)[C@@H](c3cc(OC)ccc3OC)C2)c1. The first-order chi connectivity index (χ1) is 17.8. The highest BCUT2D eigenvalue weighted by atomic mass is 19.1. The van der Waals surface area contributed by atoms with E-state index in [4.69, 9.17) is 14.2 Å². The number of halogens is 1. The summed E-state index contributed by atoms with van der Waals surface area (Å²) in [5.41, 5.74) is 2.37. The number of hydrazone groups is 1. The van der Waals surface area contributed by atoms with Crippen LogP contribution in [-0.4, -0.2) is 62.4 Å². The van der Waals surface area contributed by atoms with Crippen molar-refractivity contribution in [3.05, 3.63) is 89.2 Å². The highest BCUT2D eigenvalue weighted by Crippen LogP contribution is 2.39. The maximum Gasteiger partial charge on any atom is 0.262 e. The molecule has 0 saturated carbocycles. The zero-order valence-electron chi connectivity index (χ0n) is 21.1. The van der Waals surface area contributed by atoms with Crippen LogP contribution in [0.15, 0.2) is 71.8 Å². The highest BCUT2D eigenvalue weighted by molar-refractivity contribution is 6.04. The summed E-state index contributed by atoms with van der Waals surface area (Å²) in [6, 6.07) is 17.7. The number of carbonyl (C=O) groups is 2. The number of amides is 2. The lowest BCUT2D eigenvalue weighted by Gasteiger charge is -2.26. The number of benzene rings is 3. The van der Waals surface area contributed by atoms with Gasteiger partial charge in [-0.2, -0.15) is 5.10 Å². The number of hydrogen-bond donors (Lipinski definition) is 0. The van der Waals surface area contributed by atoms with Gasteiger partial charge >= 0.3 is 0 Å². The van der Waals surface area contributed by atoms with Crippen LogP contribution in [0.25, 0.3) is 0 Å². The molecule has 0 unspecified atom stereocenters. The van der Waals surface area contributed by atoms with Crippen molar-refractivity contribution in [2.24, 2.45) is 5.10 Å². The molecule has 37 heavy (non-hydrogen) atoms. The molecule has 1 aliphatic rings. The first kappa shape index (κ1) is 25.7. The molecular formula is C28H28FN3O5. The predicted molar refractivity (Wildman–Crippen MR) is 137 cm³/mol. The summed E-state index contributed by atoms with van der Waals surface area (Å²) in [5, 5.41) is 6.05. The van der Waals surface area contributed by atoms with Gasteiger partial charge in [-0.1, -0.05) is 18.2 Å². The van der Waals surface area contributed by atoms with E-state index in [1.165, 1.54) is 35.2 Å². The maximum atomic E-state index is 13.6. The van der Waals surface area contributed by atoms with Crippen molar-refractivity contribution < 1.29 is 28.2 Å². The minimum absolute atomic E-state index is 0.156. The molecule has 1 heterocycles. The van der Waals surface area contributed by atoms with Gasteiger partial charge in [-0.25, -0.2) is 9.40 Å². The van der Waals surface area contributed by atoms with E-state index in [0.29, 0.717) is 29.4 Å². The van der Waals surface area contributed by atoms with E-state index in [1.807, 2.05) is 30.3 Å². The molecule has 0 N–H and O–H groups in total. The topological polar surface area (TPSA) is 80.7 Å². The Morgan fingerprint density at radius 2 is 1.70 bits per heavy atom. The van der Waals surface area contributed by atoms with E-state index in [-0.39, 0.29) is 12.1 Å². The highest BCUT2D eigenvalue weighted by Gasteiger charge is 2.36. The fraction of sp³-hybridized carbons (Fsp3) is 0.250. The second-order valence-corrected chi connectivity index (χ2v) is 8.52. The summed E-state index contributed by atoms with van der Waals surface area (Å²) >= 11 is 0. The second-order valence-electron chi connectivity index (χ2n) is 8.52. The molecule has 0 bridgehead atoms. The maximum absolute atomic E-state index is 13.6. The number of likely N-dealkylation sites (N-methyl/N-ethyl adjacent to an activating group) is 1. The summed E-state index contributed by atoms with van der Waals surface area (Å²) in [5.74, 6) is 0.453. The first-order valence-corrected chi connectivity index (χ1v) is 11.6. The van der Waals surface area contributed by atoms with Crippen LogP contribution in [-0.2, 0) is 4.79 Å². The smallest absolute Gasteiger partial charge is 0.262 e. The van der Waals surface area contributed by atoms with Crippen molar-refractivity contribution in [1.29, 1.82) is 0 Å². The number of carbonyl (C=O) groups excluding carboxylic acids is 2. The van der Waals surface area contributed by atoms with Crippen molar-refractivity contribution in [2.45, 2.75) is 12.5 Å². The molecule has 8 nitrogen and oxygen atoms in total. The van der Waals surface area contributed by atoms with Gasteiger partial charge in [0.05, 0.1) is 33.1 Å². The Morgan fingerprint density at radius 3 is 2.41 bits per heavy atom. The Balaban J connectivity index is 1.67. The third-order valence-electron chi connectivity index (χ3n) is 6.16. The molecular weight excluding hydrogens is 477 g/mol. The summed E-state index contributed by atoms with van der Waals surface area (Å²) in [7, 11) is 6.20. The number of nitrogens with zero attached hydrogens (tertiary/aromatic N) is 3. The average Bonchev–Trinajstić information content (AvgIpc) is 3.38. The molecule has 3 aromatic carbocycles. The van der Waals surface area contributed by atoms with E-state index < -0.39 is 23.7 Å². The molecule has 9 heteroatoms. The van der Waals surface area contributed by atoms with Crippen LogP contribution < -0.4 is 14.2 Å². The van der Waals surface area contributed by atoms with Gasteiger partial charge in [-0.05, 0) is 48.5 Å². The van der Waals surface area contributed by atoms with Gasteiger partial charge in [-0.3, -0.25) is 9.59 Å². The van der Waals surface area contributed by atoms with E-state index in [2.05, 4.69) is 5.10 Å². The van der Waals surface area contributed by atoms with Crippen LogP contribution in [0.1, 0.15) is 33.9 Å². The Hall–Kier alpha value is -4.40. The Morgan fingerprint density at radius 1 is 0.973 bits per heavy atom. The summed E-state index contributed by atoms with van der Waals surface area (Å²) < 4.78 is 30.0. The van der Waals surface area contributed by atoms with Crippen molar-refractivity contribution in [2.75, 3.05) is 34.9 Å². The van der Waals surface area contributed by atoms with Gasteiger partial charge in [-0.15, -0.1) is 0 Å². The molecule has 0 saturated heterocycles. The molecule has 0 radical (unpaired) electrons. The lowest BCUT2D eigenvalue weighted by Crippen LogP contribution is -2.39. The largest absolute Gasteiger partial charge is 0.497 e. The van der Waals surface area contributed by atoms with E-state index in [1.54, 1.807) is 33.5 Å². The zero-order chi connectivity index (χ0) is 26.5. The normalized spacial score (nSPS) is 14.7. The standard InChI is InChI=1S/C28H28FN3O5/c1-31(28(34)19-8-5-9-20(29)13-19)17-27(33)32-25(23-15-22(36-3)11-12-26(23)37-4)16-24(30-32)18-7-6-10-21(14-18)35-2/h5-15,25H,16-17H2,1-4H3/t25-/m1/s1. The molecule has 3 aromatic rings. The molecule has 4 rings (SSSR count). The molecule has 1 atom stereocenters. The predicted octanol–water partition coefficient (Wildman–Crippen LogP) is 4.30. The van der Waals surface area contributed by atoms with Crippen molar-refractivity contribution >= 4 is 17.5 Å². The zero-order valence-corrected chi connectivity index (χ0v) is 21.1. The summed E-state index contributed by atoms with van der Waals surface area (Å²) in [6.07, 6.45) is 0.407. The lowest BCUT2D eigenvalue weighted by atomic mass is 9.97. The molecule has 192 valence electrons. The van der Waals surface area contributed by atoms with Crippen LogP contribution in [0, 0.1) is 5.82 Å². The third kappa shape index (κ3) is 5.55. The van der Waals surface area contributed by atoms with Crippen LogP contribution in [0.4, 0.5) is 4.39 Å². The average molecular weight is 506 g/mol. The van der Waals surface area contributed by atoms with Crippen LogP contribution in [0.2, 0.25) is 0 Å². The van der Waals surface area contributed by atoms with Gasteiger partial charge in [0.15, 0.2) is 0 Å². The van der Waals surface area contributed by atoms with Crippen molar-refractivity contribution in [3.8, 4) is 17.2 Å². The lowest BCUT2D eigenvalue weighted by molar-refractivity contribution is -0.133. The van der Waals surface area contributed by atoms with E-state index >= 15 is 0 Å². The van der Waals surface area contributed by atoms with Crippen LogP contribution in [0.5, 0.6) is 17.2 Å². The fourth-order valence-corrected chi connectivity index (χ4v) is 4.25. The molecule has 0 aliphatic carbocycles. The molecule has 0 spiro atoms. The van der Waals surface area contributed by atoms with E-state index in [0.717, 1.165) is 17.2 Å². The monoisotopic (exact) mass is 505 g/mol. The molecule has 1 aliphatic heterocycles. The van der Waals surface area contributed by atoms with E-state index in [9.17, 15) is 14.0 Å². The van der Waals surface area contributed by atoms with Crippen molar-refractivity contribution in [3.63, 3.8) is 0 Å². The fourth-order valence-electron chi connectivity index (χ4n) is 4.25. The van der Waals surface area contributed by atoms with Gasteiger partial charge in [0.25, 0.3) is 11.8 Å². The number of hydrogen-bond acceptors (Lipinski definition) is 6. The Bertz CT molecular complexity index is 1340. The first-order valence-electron chi connectivity index (χ1n) is 11.6. The molecule has 0 fully saturated rings. The quantitative estimate of drug-likeness (QED) is 0.456. The van der Waals surface area contributed by atoms with Crippen molar-refractivity contribution in [1.82, 2.24) is 9.91 Å². The Kier molecular flexibility index (Phi) is 7.71. The summed E-state index contributed by atoms with van der Waals surface area (Å²) in [6.45, 7) is -0.257. The van der Waals surface area contributed by atoms with Crippen LogP contribution in [0.3, 0.4) is 0 Å². The van der Waals surface area contributed by atoms with Gasteiger partial charge in [0, 0.05) is 30.2 Å². The minimum Gasteiger partial charge on any atom is -0.497 e. The van der Waals surface area contributed by atoms with Gasteiger partial charge in [0.2, 0.25) is 0 Å². The third-order valence-corrected chi connectivity index (χ3v) is 6.16. The second kappa shape index (κ2) is 11.1. The van der Waals surface area contributed by atoms with Gasteiger partial charge < -0.3 is 19.1 Å². The number of ether oxygens (including phenoxy) is 3. The molecule has 2 amide bonds. The van der Waals surface area contributed by atoms with Gasteiger partial charge in [0.1, 0.15) is 29.6 Å². The Labute approximate surface area is 214 Å². The minimum atomic E-state index is -0.525. The molecule has 0 aromatic heterocycles. The summed E-state index contributed by atoms with van der Waals surface area (Å²) in [4.78, 5) is 27.6. The van der Waals surface area contributed by atoms with Crippen LogP contribution >= 0.6 is 0 Å². The number of rotatable bonds is 8.